The molecule has 4 amide bonds. The van der Waals surface area contributed by atoms with Gasteiger partial charge >= 0.3 is 0 Å². The molecule has 1 saturated carbocycles. The van der Waals surface area contributed by atoms with Crippen LogP contribution >= 0.6 is 0 Å². The molecule has 3 fully saturated rings. The van der Waals surface area contributed by atoms with Gasteiger partial charge in [-0.15, -0.1) is 6.58 Å². The highest BCUT2D eigenvalue weighted by atomic mass is 16.2. The molecule has 0 spiro atoms. The number of carbonyl (C=O) groups is 7. The Morgan fingerprint density at radius 2 is 1.54 bits per heavy atom. The van der Waals surface area contributed by atoms with E-state index in [1.807, 2.05) is 20.8 Å². The topological polar surface area (TPSA) is 141 Å². The number of Topliss-reactive ketones (excluding diaryl/α,β-unsaturated/α-hetero) is 3. The minimum atomic E-state index is -0.839. The molecule has 3 aliphatic rings. The van der Waals surface area contributed by atoms with Crippen LogP contribution in [0.4, 0.5) is 0 Å². The van der Waals surface area contributed by atoms with E-state index in [2.05, 4.69) is 32.7 Å². The molecule has 1 aliphatic carbocycles. The number of hydrogen-bond donors (Lipinski definition) is 1. The van der Waals surface area contributed by atoms with Crippen LogP contribution < -0.4 is 5.32 Å². The first-order valence-electron chi connectivity index (χ1n) is 19.6. The van der Waals surface area contributed by atoms with Gasteiger partial charge in [0.25, 0.3) is 5.91 Å². The van der Waals surface area contributed by atoms with Crippen LogP contribution in [-0.4, -0.2) is 101 Å². The second-order valence-corrected chi connectivity index (χ2v) is 17.5. The number of hydrogen-bond acceptors (Lipinski definition) is 8. The Morgan fingerprint density at radius 1 is 0.942 bits per heavy atom. The maximum absolute atomic E-state index is 14.5. The zero-order valence-corrected chi connectivity index (χ0v) is 33.3. The van der Waals surface area contributed by atoms with Crippen LogP contribution in [0.3, 0.4) is 0 Å². The van der Waals surface area contributed by atoms with Crippen molar-refractivity contribution in [1.82, 2.24) is 20.0 Å². The van der Waals surface area contributed by atoms with Gasteiger partial charge in [-0.1, -0.05) is 99.5 Å². The fourth-order valence-electron chi connectivity index (χ4n) is 8.30. The number of nitrogens with zero attached hydrogens (tertiary/aromatic N) is 3. The Balaban J connectivity index is 1.79. The molecule has 2 aliphatic heterocycles. The molecular formula is C41H66N4O7. The number of nitrogens with one attached hydrogen (secondary N) is 1. The van der Waals surface area contributed by atoms with Crippen molar-refractivity contribution in [2.45, 2.75) is 125 Å². The highest BCUT2D eigenvalue weighted by Crippen LogP contribution is 2.65. The molecule has 1 N–H and O–H groups in total. The number of fused-ring (bicyclic) bond motifs is 1. The Labute approximate surface area is 312 Å². The number of piperazine rings is 1. The summed E-state index contributed by atoms with van der Waals surface area (Å²) in [6.45, 7) is 18.5. The lowest BCUT2D eigenvalue weighted by Crippen LogP contribution is -2.54. The van der Waals surface area contributed by atoms with Gasteiger partial charge in [0.1, 0.15) is 5.78 Å². The van der Waals surface area contributed by atoms with Crippen molar-refractivity contribution < 1.29 is 33.6 Å². The predicted octanol–water partition coefficient (Wildman–Crippen LogP) is 5.01. The van der Waals surface area contributed by atoms with Crippen LogP contribution in [0, 0.1) is 40.4 Å². The van der Waals surface area contributed by atoms with Gasteiger partial charge in [0.15, 0.2) is 5.78 Å². The highest BCUT2D eigenvalue weighted by Gasteiger charge is 2.69. The first kappa shape index (κ1) is 43.2. The zero-order valence-electron chi connectivity index (χ0n) is 33.3. The number of rotatable bonds is 22. The van der Waals surface area contributed by atoms with Gasteiger partial charge in [0, 0.05) is 50.7 Å². The molecule has 2 heterocycles. The Hall–Kier alpha value is -3.21. The predicted molar refractivity (Wildman–Crippen MR) is 201 cm³/mol. The number of carbonyl (C=O) groups excluding carboxylic acids is 7. The number of ketones is 3. The monoisotopic (exact) mass is 726 g/mol. The lowest BCUT2D eigenvalue weighted by atomic mass is 9.76. The second kappa shape index (κ2) is 18.7. The molecular weight excluding hydrogens is 660 g/mol. The third kappa shape index (κ3) is 11.2. The molecule has 0 aromatic carbocycles. The van der Waals surface area contributed by atoms with Crippen LogP contribution in [0.5, 0.6) is 0 Å². The van der Waals surface area contributed by atoms with E-state index in [4.69, 9.17) is 0 Å². The second-order valence-electron chi connectivity index (χ2n) is 17.5. The lowest BCUT2D eigenvalue weighted by molar-refractivity contribution is -0.152. The van der Waals surface area contributed by atoms with Gasteiger partial charge in [-0.3, -0.25) is 43.4 Å². The van der Waals surface area contributed by atoms with Crippen molar-refractivity contribution in [1.29, 1.82) is 0 Å². The summed E-state index contributed by atoms with van der Waals surface area (Å²) in [6.07, 6.45) is 9.49. The summed E-state index contributed by atoms with van der Waals surface area (Å²) in [5, 5.41) is 2.48. The molecule has 0 radical (unpaired) electrons. The average Bonchev–Trinajstić information content (AvgIpc) is 3.36. The van der Waals surface area contributed by atoms with Gasteiger partial charge in [-0.2, -0.15) is 0 Å². The molecule has 52 heavy (non-hydrogen) atoms. The largest absolute Gasteiger partial charge is 0.346 e. The first-order chi connectivity index (χ1) is 24.3. The molecule has 0 aromatic heterocycles. The fourth-order valence-corrected chi connectivity index (χ4v) is 8.30. The summed E-state index contributed by atoms with van der Waals surface area (Å²) in [7, 11) is 1.73. The van der Waals surface area contributed by atoms with Gasteiger partial charge < -0.3 is 10.2 Å². The molecule has 0 unspecified atom stereocenters. The quantitative estimate of drug-likeness (QED) is 0.0711. The SMILES string of the molecule is C=CCNC(=O)C(=O)[C@H](C)CC(=O)[C@@H]1[C@@H]2[C@H](CN1C(=O)[C@H](CCCCCCCCC)CC(=O)C[C@H](CN1C(=O)CN(C)CC1=O)C(C)(C)C)C2(C)C. The maximum Gasteiger partial charge on any atom is 0.287 e. The number of unbranched alkanes of at least 4 members (excludes halogenated alkanes) is 6. The Kier molecular flexibility index (Phi) is 15.5. The van der Waals surface area contributed by atoms with Gasteiger partial charge in [-0.25, -0.2) is 0 Å². The first-order valence-corrected chi connectivity index (χ1v) is 19.6. The van der Waals surface area contributed by atoms with Crippen molar-refractivity contribution in [3.8, 4) is 0 Å². The molecule has 11 nitrogen and oxygen atoms in total. The number of amides is 4. The summed E-state index contributed by atoms with van der Waals surface area (Å²) in [5.41, 5.74) is -0.513. The smallest absolute Gasteiger partial charge is 0.287 e. The average molecular weight is 727 g/mol. The minimum absolute atomic E-state index is 0.0282. The Bertz CT molecular complexity index is 1330. The van der Waals surface area contributed by atoms with E-state index in [1.54, 1.807) is 23.8 Å². The van der Waals surface area contributed by atoms with Crippen molar-refractivity contribution in [2.24, 2.45) is 40.4 Å². The van der Waals surface area contributed by atoms with Gasteiger partial charge in [0.2, 0.25) is 23.5 Å². The van der Waals surface area contributed by atoms with Crippen LogP contribution in [0.2, 0.25) is 0 Å². The summed E-state index contributed by atoms with van der Waals surface area (Å²) < 4.78 is 0. The molecule has 6 atom stereocenters. The van der Waals surface area contributed by atoms with Crippen molar-refractivity contribution in [2.75, 3.05) is 39.8 Å². The molecule has 2 saturated heterocycles. The summed E-state index contributed by atoms with van der Waals surface area (Å²) in [6, 6.07) is -0.706. The van der Waals surface area contributed by atoms with Crippen molar-refractivity contribution in [3.63, 3.8) is 0 Å². The number of piperidine rings is 1. The standard InChI is InChI=1S/C41H66N4O7/c1-10-12-13-14-15-16-17-18-28(21-30(46)22-29(40(4,5)6)23-44-33(48)25-43(9)26-34(44)49)39(52)45-24-31-35(41(31,7)8)36(45)32(47)20-27(3)37(50)38(51)42-19-11-2/h11,27-29,31,35-36H,2,10,12-26H2,1,3-9H3,(H,42,51)/t27-,28-,29-,31+,35+,36-/m1/s1. The maximum atomic E-state index is 14.5. The molecule has 0 aromatic rings. The van der Waals surface area contributed by atoms with Crippen LogP contribution in [0.15, 0.2) is 12.7 Å². The highest BCUT2D eigenvalue weighted by molar-refractivity contribution is 6.37. The van der Waals surface area contributed by atoms with E-state index >= 15 is 0 Å². The Morgan fingerprint density at radius 3 is 2.12 bits per heavy atom. The van der Waals surface area contributed by atoms with E-state index in [1.165, 1.54) is 23.8 Å². The molecule has 11 heteroatoms. The minimum Gasteiger partial charge on any atom is -0.346 e. The number of imide groups is 1. The molecule has 292 valence electrons. The van der Waals surface area contributed by atoms with Crippen LogP contribution in [0.1, 0.15) is 119 Å². The zero-order chi connectivity index (χ0) is 39.0. The van der Waals surface area contributed by atoms with Crippen molar-refractivity contribution >= 4 is 41.0 Å². The molecule has 3 rings (SSSR count). The van der Waals surface area contributed by atoms with Gasteiger partial charge in [0.05, 0.1) is 19.1 Å². The third-order valence-electron chi connectivity index (χ3n) is 11.9. The third-order valence-corrected chi connectivity index (χ3v) is 11.9. The summed E-state index contributed by atoms with van der Waals surface area (Å²) in [5.74, 6) is -4.11. The van der Waals surface area contributed by atoms with E-state index in [0.29, 0.717) is 13.0 Å². The van der Waals surface area contributed by atoms with E-state index in [-0.39, 0.29) is 103 Å². The van der Waals surface area contributed by atoms with Crippen LogP contribution in [-0.2, 0) is 33.6 Å². The van der Waals surface area contributed by atoms with E-state index < -0.39 is 29.6 Å². The van der Waals surface area contributed by atoms with E-state index in [9.17, 15) is 33.6 Å². The van der Waals surface area contributed by atoms with Crippen LogP contribution in [0.25, 0.3) is 0 Å². The normalized spacial score (nSPS) is 23.1. The fraction of sp³-hybridized carbons (Fsp3) is 0.780. The molecule has 0 bridgehead atoms. The van der Waals surface area contributed by atoms with E-state index in [0.717, 1.165) is 32.1 Å². The number of likely N-dealkylation sites (N-methyl/N-ethyl adjacent to an activating group) is 1. The van der Waals surface area contributed by atoms with Crippen molar-refractivity contribution in [3.05, 3.63) is 12.7 Å². The number of likely N-dealkylation sites (tertiary alicyclic amines) is 1. The summed E-state index contributed by atoms with van der Waals surface area (Å²) in [4.78, 5) is 97.8. The lowest BCUT2D eigenvalue weighted by Gasteiger charge is -2.37. The summed E-state index contributed by atoms with van der Waals surface area (Å²) >= 11 is 0. The van der Waals surface area contributed by atoms with Gasteiger partial charge in [-0.05, 0) is 42.1 Å².